The largest absolute Gasteiger partial charge is 0.480 e. The van der Waals surface area contributed by atoms with Gasteiger partial charge >= 0.3 is 18.0 Å². The van der Waals surface area contributed by atoms with E-state index >= 15 is 0 Å². The quantitative estimate of drug-likeness (QED) is 0.751. The number of hydrogen-bond donors (Lipinski definition) is 2. The molecule has 2 N–H and O–H groups in total. The van der Waals surface area contributed by atoms with Gasteiger partial charge in [-0.3, -0.25) is 4.79 Å². The molecule has 7 heteroatoms. The van der Waals surface area contributed by atoms with E-state index in [0.29, 0.717) is 0 Å². The lowest BCUT2D eigenvalue weighted by molar-refractivity contribution is -0.153. The van der Waals surface area contributed by atoms with Crippen LogP contribution < -0.4 is 5.32 Å². The molecule has 0 unspecified atom stereocenters. The molecule has 1 amide bonds. The van der Waals surface area contributed by atoms with E-state index in [1.165, 1.54) is 0 Å². The molecule has 0 radical (unpaired) electrons. The van der Waals surface area contributed by atoms with Crippen LogP contribution in [0.25, 0.3) is 0 Å². The molecule has 0 aromatic carbocycles. The summed E-state index contributed by atoms with van der Waals surface area (Å²) in [7, 11) is 0. The average Bonchev–Trinajstić information content (AvgIpc) is 2.77. The molecule has 1 atom stereocenters. The Morgan fingerprint density at radius 3 is 2.29 bits per heavy atom. The van der Waals surface area contributed by atoms with Crippen LogP contribution in [-0.4, -0.2) is 40.9 Å². The van der Waals surface area contributed by atoms with Crippen LogP contribution in [0.1, 0.15) is 52.9 Å². The van der Waals surface area contributed by atoms with Gasteiger partial charge in [0, 0.05) is 0 Å². The molecular weight excluding hydrogens is 278 g/mol. The molecule has 1 saturated carbocycles. The topological polar surface area (TPSA) is 102 Å². The minimum Gasteiger partial charge on any atom is -0.480 e. The third-order valence-electron chi connectivity index (χ3n) is 2.96. The minimum absolute atomic E-state index is 0.131. The van der Waals surface area contributed by atoms with Crippen molar-refractivity contribution in [2.75, 3.05) is 0 Å². The molecule has 0 aromatic rings. The van der Waals surface area contributed by atoms with E-state index in [2.05, 4.69) is 5.32 Å². The second-order valence-corrected chi connectivity index (χ2v) is 6.14. The Bertz CT molecular complexity index is 395. The van der Waals surface area contributed by atoms with Crippen LogP contribution in [0, 0.1) is 0 Å². The van der Waals surface area contributed by atoms with E-state index in [0.717, 1.165) is 25.7 Å². The number of amides is 1. The van der Waals surface area contributed by atoms with Crippen LogP contribution in [-0.2, 0) is 19.1 Å². The van der Waals surface area contributed by atoms with Crippen molar-refractivity contribution in [3.8, 4) is 0 Å². The zero-order valence-electron chi connectivity index (χ0n) is 12.7. The molecule has 0 heterocycles. The van der Waals surface area contributed by atoms with Crippen LogP contribution in [0.5, 0.6) is 0 Å². The standard InChI is InChI=1S/C14H23NO6/c1-14(2,3)21-13(19)15-10(12(17)18)8-11(16)20-9-6-4-5-7-9/h9-10H,4-8H2,1-3H3,(H,15,19)(H,17,18)/t10-/m1/s1. The lowest BCUT2D eigenvalue weighted by Crippen LogP contribution is -2.45. The lowest BCUT2D eigenvalue weighted by Gasteiger charge is -2.22. The molecule has 0 aliphatic heterocycles. The number of esters is 1. The summed E-state index contributed by atoms with van der Waals surface area (Å²) >= 11 is 0. The average molecular weight is 301 g/mol. The fraction of sp³-hybridized carbons (Fsp3) is 0.786. The summed E-state index contributed by atoms with van der Waals surface area (Å²) < 4.78 is 10.1. The smallest absolute Gasteiger partial charge is 0.408 e. The number of carboxylic acids is 1. The van der Waals surface area contributed by atoms with Crippen molar-refractivity contribution in [2.24, 2.45) is 0 Å². The highest BCUT2D eigenvalue weighted by atomic mass is 16.6. The molecule has 0 bridgehead atoms. The second kappa shape index (κ2) is 7.28. The Morgan fingerprint density at radius 2 is 1.81 bits per heavy atom. The predicted molar refractivity (Wildman–Crippen MR) is 73.8 cm³/mol. The highest BCUT2D eigenvalue weighted by Crippen LogP contribution is 2.21. The number of nitrogens with one attached hydrogen (secondary N) is 1. The Labute approximate surface area is 124 Å². The number of alkyl carbamates (subject to hydrolysis) is 1. The van der Waals surface area contributed by atoms with Gasteiger partial charge in [0.1, 0.15) is 17.7 Å². The summed E-state index contributed by atoms with van der Waals surface area (Å²) in [5.41, 5.74) is -0.739. The van der Waals surface area contributed by atoms with E-state index in [9.17, 15) is 14.4 Å². The fourth-order valence-corrected chi connectivity index (χ4v) is 2.06. The van der Waals surface area contributed by atoms with Crippen molar-refractivity contribution in [3.63, 3.8) is 0 Å². The van der Waals surface area contributed by atoms with Crippen molar-refractivity contribution in [3.05, 3.63) is 0 Å². The maximum absolute atomic E-state index is 11.7. The van der Waals surface area contributed by atoms with Crippen molar-refractivity contribution in [1.29, 1.82) is 0 Å². The van der Waals surface area contributed by atoms with E-state index < -0.39 is 36.1 Å². The molecular formula is C14H23NO6. The Hall–Kier alpha value is -1.79. The van der Waals surface area contributed by atoms with E-state index in [4.69, 9.17) is 14.6 Å². The normalized spacial score (nSPS) is 17.1. The summed E-state index contributed by atoms with van der Waals surface area (Å²) in [6.45, 7) is 4.99. The lowest BCUT2D eigenvalue weighted by atomic mass is 10.2. The number of rotatable bonds is 5. The Kier molecular flexibility index (Phi) is 5.99. The molecule has 21 heavy (non-hydrogen) atoms. The first-order valence-corrected chi connectivity index (χ1v) is 7.09. The molecule has 1 aliphatic carbocycles. The third kappa shape index (κ3) is 6.97. The summed E-state index contributed by atoms with van der Waals surface area (Å²) in [6, 6.07) is -1.35. The number of carbonyl (C=O) groups excluding carboxylic acids is 2. The van der Waals surface area contributed by atoms with Crippen molar-refractivity contribution in [1.82, 2.24) is 5.32 Å². The van der Waals surface area contributed by atoms with E-state index in [-0.39, 0.29) is 6.10 Å². The molecule has 1 aliphatic rings. The zero-order chi connectivity index (χ0) is 16.0. The van der Waals surface area contributed by atoms with Crippen LogP contribution in [0.2, 0.25) is 0 Å². The molecule has 1 rings (SSSR count). The highest BCUT2D eigenvalue weighted by Gasteiger charge is 2.28. The number of carbonyl (C=O) groups is 3. The maximum atomic E-state index is 11.7. The Balaban J connectivity index is 2.47. The maximum Gasteiger partial charge on any atom is 0.408 e. The first kappa shape index (κ1) is 17.3. The molecule has 1 fully saturated rings. The summed E-state index contributed by atoms with van der Waals surface area (Å²) in [5.74, 6) is -1.92. The van der Waals surface area contributed by atoms with Gasteiger partial charge in [-0.2, -0.15) is 0 Å². The fourth-order valence-electron chi connectivity index (χ4n) is 2.06. The number of hydrogen-bond acceptors (Lipinski definition) is 5. The summed E-state index contributed by atoms with van der Waals surface area (Å²) in [6.07, 6.45) is 2.22. The third-order valence-corrected chi connectivity index (χ3v) is 2.96. The molecule has 7 nitrogen and oxygen atoms in total. The molecule has 0 saturated heterocycles. The first-order valence-electron chi connectivity index (χ1n) is 7.09. The highest BCUT2D eigenvalue weighted by molar-refractivity contribution is 5.85. The van der Waals surface area contributed by atoms with Crippen LogP contribution in [0.4, 0.5) is 4.79 Å². The SMILES string of the molecule is CC(C)(C)OC(=O)N[C@H](CC(=O)OC1CCCC1)C(=O)O. The second-order valence-electron chi connectivity index (χ2n) is 6.14. The van der Waals surface area contributed by atoms with Gasteiger partial charge in [0.05, 0.1) is 6.42 Å². The minimum atomic E-state index is -1.35. The van der Waals surface area contributed by atoms with Gasteiger partial charge in [0.25, 0.3) is 0 Å². The van der Waals surface area contributed by atoms with E-state index in [1.807, 2.05) is 0 Å². The van der Waals surface area contributed by atoms with Gasteiger partial charge in [-0.05, 0) is 46.5 Å². The summed E-state index contributed by atoms with van der Waals surface area (Å²) in [5, 5.41) is 11.2. The number of aliphatic carboxylic acids is 1. The molecule has 0 spiro atoms. The van der Waals surface area contributed by atoms with Gasteiger partial charge in [0.15, 0.2) is 0 Å². The van der Waals surface area contributed by atoms with Gasteiger partial charge in [-0.15, -0.1) is 0 Å². The van der Waals surface area contributed by atoms with Gasteiger partial charge in [-0.25, -0.2) is 9.59 Å². The van der Waals surface area contributed by atoms with Crippen LogP contribution in [0.3, 0.4) is 0 Å². The van der Waals surface area contributed by atoms with Gasteiger partial charge in [-0.1, -0.05) is 0 Å². The van der Waals surface area contributed by atoms with E-state index in [1.54, 1.807) is 20.8 Å². The molecule has 120 valence electrons. The predicted octanol–water partition coefficient (Wildman–Crippen LogP) is 1.84. The van der Waals surface area contributed by atoms with Crippen molar-refractivity contribution < 1.29 is 29.0 Å². The summed E-state index contributed by atoms with van der Waals surface area (Å²) in [4.78, 5) is 34.3. The first-order chi connectivity index (χ1) is 9.67. The van der Waals surface area contributed by atoms with Crippen LogP contribution in [0.15, 0.2) is 0 Å². The molecule has 0 aromatic heterocycles. The van der Waals surface area contributed by atoms with Crippen molar-refractivity contribution >= 4 is 18.0 Å². The number of carboxylic acid groups (broad SMARTS) is 1. The van der Waals surface area contributed by atoms with Gasteiger partial charge < -0.3 is 19.9 Å². The Morgan fingerprint density at radius 1 is 1.24 bits per heavy atom. The monoisotopic (exact) mass is 301 g/mol. The zero-order valence-corrected chi connectivity index (χ0v) is 12.7. The number of ether oxygens (including phenoxy) is 2. The van der Waals surface area contributed by atoms with Crippen molar-refractivity contribution in [2.45, 2.75) is 70.6 Å². The van der Waals surface area contributed by atoms with Gasteiger partial charge in [0.2, 0.25) is 0 Å². The van der Waals surface area contributed by atoms with Crippen LogP contribution >= 0.6 is 0 Å².